The third-order valence-corrected chi connectivity index (χ3v) is 8.26. The van der Waals surface area contributed by atoms with Crippen LogP contribution in [0.1, 0.15) is 38.8 Å². The summed E-state index contributed by atoms with van der Waals surface area (Å²) in [5, 5.41) is 3.10. The van der Waals surface area contributed by atoms with Gasteiger partial charge in [-0.05, 0) is 70.5 Å². The largest absolute Gasteiger partial charge is 0.495 e. The summed E-state index contributed by atoms with van der Waals surface area (Å²) in [7, 11) is -2.73. The molecule has 0 fully saturated rings. The normalized spacial score (nSPS) is 12.4. The third kappa shape index (κ3) is 7.76. The van der Waals surface area contributed by atoms with Gasteiger partial charge in [-0.15, -0.1) is 0 Å². The van der Waals surface area contributed by atoms with Crippen LogP contribution in [0, 0.1) is 6.92 Å². The molecule has 0 aliphatic rings. The van der Waals surface area contributed by atoms with Crippen molar-refractivity contribution in [1.29, 1.82) is 0 Å². The molecule has 2 amide bonds. The van der Waals surface area contributed by atoms with Crippen LogP contribution in [0.15, 0.2) is 77.7 Å². The smallest absolute Gasteiger partial charge is 0.264 e. The maximum absolute atomic E-state index is 14.0. The number of sulfonamides is 1. The second-order valence-corrected chi connectivity index (χ2v) is 12.8. The number of rotatable bonds is 10. The lowest BCUT2D eigenvalue weighted by Gasteiger charge is -2.33. The molecule has 40 heavy (non-hydrogen) atoms. The number of carbonyl (C=O) groups excluding carboxylic acids is 2. The van der Waals surface area contributed by atoms with Crippen LogP contribution < -0.4 is 14.4 Å². The van der Waals surface area contributed by atoms with Crippen LogP contribution in [0.4, 0.5) is 5.69 Å². The number of carbonyl (C=O) groups is 2. The molecule has 0 aliphatic carbocycles. The van der Waals surface area contributed by atoms with Gasteiger partial charge in [-0.2, -0.15) is 0 Å². The number of anilines is 1. The molecule has 1 atom stereocenters. The highest BCUT2D eigenvalue weighted by Gasteiger charge is 2.33. The number of methoxy groups -OCH3 is 1. The second-order valence-electron chi connectivity index (χ2n) is 10.6. The fourth-order valence-electron chi connectivity index (χ4n) is 4.01. The zero-order valence-corrected chi connectivity index (χ0v) is 25.2. The number of hydrogen-bond acceptors (Lipinski definition) is 5. The zero-order valence-electron chi connectivity index (χ0n) is 23.6. The van der Waals surface area contributed by atoms with Crippen molar-refractivity contribution >= 4 is 39.1 Å². The van der Waals surface area contributed by atoms with E-state index < -0.39 is 34.1 Å². The molecule has 0 unspecified atom stereocenters. The first-order valence-electron chi connectivity index (χ1n) is 12.8. The number of hydrogen-bond donors (Lipinski definition) is 1. The number of aryl methyl sites for hydroxylation is 1. The fraction of sp³-hybridized carbons (Fsp3) is 0.333. The quantitative estimate of drug-likeness (QED) is 0.353. The molecular weight excluding hydrogens is 550 g/mol. The van der Waals surface area contributed by atoms with Crippen molar-refractivity contribution in [3.05, 3.63) is 88.9 Å². The predicted octanol–water partition coefficient (Wildman–Crippen LogP) is 5.18. The van der Waals surface area contributed by atoms with E-state index in [4.69, 9.17) is 16.3 Å². The Morgan fingerprint density at radius 3 is 2.17 bits per heavy atom. The topological polar surface area (TPSA) is 96.0 Å². The van der Waals surface area contributed by atoms with Crippen molar-refractivity contribution in [3.63, 3.8) is 0 Å². The summed E-state index contributed by atoms with van der Waals surface area (Å²) < 4.78 is 33.9. The van der Waals surface area contributed by atoms with Crippen LogP contribution in [-0.2, 0) is 26.2 Å². The summed E-state index contributed by atoms with van der Waals surface area (Å²) in [5.74, 6) is -0.538. The van der Waals surface area contributed by atoms with Gasteiger partial charge in [-0.25, -0.2) is 8.42 Å². The summed E-state index contributed by atoms with van der Waals surface area (Å²) in [6, 6.07) is 19.1. The van der Waals surface area contributed by atoms with E-state index in [0.717, 1.165) is 15.4 Å². The minimum Gasteiger partial charge on any atom is -0.495 e. The van der Waals surface area contributed by atoms with Crippen LogP contribution >= 0.6 is 11.6 Å². The summed E-state index contributed by atoms with van der Waals surface area (Å²) in [6.45, 7) is 8.70. The van der Waals surface area contributed by atoms with E-state index in [2.05, 4.69) is 5.32 Å². The van der Waals surface area contributed by atoms with Gasteiger partial charge in [0.05, 0.1) is 22.7 Å². The van der Waals surface area contributed by atoms with Crippen LogP contribution in [-0.4, -0.2) is 50.4 Å². The highest BCUT2D eigenvalue weighted by molar-refractivity contribution is 7.92. The number of nitrogens with one attached hydrogen (secondary N) is 1. The van der Waals surface area contributed by atoms with Crippen molar-refractivity contribution in [2.24, 2.45) is 0 Å². The van der Waals surface area contributed by atoms with Gasteiger partial charge >= 0.3 is 0 Å². The standard InChI is InChI=1S/C30H36ClN3O5S/c1-21-12-14-23(15-13-21)19-33(22(2)29(36)32-30(3,4)5)28(35)20-34(24-16-17-27(39-6)26(31)18-24)40(37,38)25-10-8-7-9-11-25/h7-18,22H,19-20H2,1-6H3,(H,32,36)/t22-/m1/s1. The van der Waals surface area contributed by atoms with Crippen LogP contribution in [0.5, 0.6) is 5.75 Å². The van der Waals surface area contributed by atoms with Crippen molar-refractivity contribution in [2.75, 3.05) is 18.0 Å². The van der Waals surface area contributed by atoms with Gasteiger partial charge in [0.15, 0.2) is 0 Å². The SMILES string of the molecule is COc1ccc(N(CC(=O)N(Cc2ccc(C)cc2)[C@H](C)C(=O)NC(C)(C)C)S(=O)(=O)c2ccccc2)cc1Cl. The average molecular weight is 586 g/mol. The van der Waals surface area contributed by atoms with E-state index in [1.165, 1.54) is 36.3 Å². The first kappa shape index (κ1) is 31.0. The van der Waals surface area contributed by atoms with E-state index in [-0.39, 0.29) is 28.1 Å². The predicted molar refractivity (Wildman–Crippen MR) is 158 cm³/mol. The molecule has 10 heteroatoms. The van der Waals surface area contributed by atoms with Gasteiger partial charge < -0.3 is 15.0 Å². The highest BCUT2D eigenvalue weighted by atomic mass is 35.5. The summed E-state index contributed by atoms with van der Waals surface area (Å²) in [4.78, 5) is 28.6. The fourth-order valence-corrected chi connectivity index (χ4v) is 5.68. The lowest BCUT2D eigenvalue weighted by Crippen LogP contribution is -2.54. The molecule has 0 saturated carbocycles. The average Bonchev–Trinajstić information content (AvgIpc) is 2.90. The van der Waals surface area contributed by atoms with E-state index in [1.807, 2.05) is 52.0 Å². The Morgan fingerprint density at radius 2 is 1.62 bits per heavy atom. The van der Waals surface area contributed by atoms with Crippen molar-refractivity contribution in [3.8, 4) is 5.75 Å². The van der Waals surface area contributed by atoms with Gasteiger partial charge in [0.1, 0.15) is 18.3 Å². The molecule has 1 N–H and O–H groups in total. The van der Waals surface area contributed by atoms with E-state index >= 15 is 0 Å². The Kier molecular flexibility index (Phi) is 9.87. The van der Waals surface area contributed by atoms with E-state index in [1.54, 1.807) is 31.2 Å². The Bertz CT molecular complexity index is 1440. The van der Waals surface area contributed by atoms with E-state index in [0.29, 0.717) is 5.75 Å². The first-order valence-corrected chi connectivity index (χ1v) is 14.6. The van der Waals surface area contributed by atoms with Gasteiger partial charge in [0.25, 0.3) is 10.0 Å². The molecule has 8 nitrogen and oxygen atoms in total. The van der Waals surface area contributed by atoms with Crippen molar-refractivity contribution in [1.82, 2.24) is 10.2 Å². The molecule has 0 bridgehead atoms. The molecule has 3 rings (SSSR count). The Hall–Kier alpha value is -3.56. The summed E-state index contributed by atoms with van der Waals surface area (Å²) >= 11 is 6.35. The molecule has 214 valence electrons. The van der Waals surface area contributed by atoms with Gasteiger partial charge in [0, 0.05) is 12.1 Å². The molecule has 3 aromatic rings. The Balaban J connectivity index is 2.06. The minimum absolute atomic E-state index is 0.0124. The molecule has 0 aromatic heterocycles. The number of nitrogens with zero attached hydrogens (tertiary/aromatic N) is 2. The Labute approximate surface area is 241 Å². The zero-order chi connectivity index (χ0) is 29.7. The molecule has 0 saturated heterocycles. The highest BCUT2D eigenvalue weighted by Crippen LogP contribution is 2.32. The van der Waals surface area contributed by atoms with Gasteiger partial charge in [-0.3, -0.25) is 13.9 Å². The number of benzene rings is 3. The minimum atomic E-state index is -4.19. The van der Waals surface area contributed by atoms with E-state index in [9.17, 15) is 18.0 Å². The molecule has 0 heterocycles. The maximum Gasteiger partial charge on any atom is 0.264 e. The third-order valence-electron chi connectivity index (χ3n) is 6.17. The lowest BCUT2D eigenvalue weighted by molar-refractivity contribution is -0.140. The van der Waals surface area contributed by atoms with Gasteiger partial charge in [-0.1, -0.05) is 59.6 Å². The van der Waals surface area contributed by atoms with Crippen molar-refractivity contribution < 1.29 is 22.7 Å². The molecule has 0 spiro atoms. The van der Waals surface area contributed by atoms with Crippen LogP contribution in [0.3, 0.4) is 0 Å². The number of amides is 2. The molecule has 0 radical (unpaired) electrons. The van der Waals surface area contributed by atoms with Crippen LogP contribution in [0.2, 0.25) is 5.02 Å². The maximum atomic E-state index is 14.0. The second kappa shape index (κ2) is 12.7. The Morgan fingerprint density at radius 1 is 1.00 bits per heavy atom. The summed E-state index contributed by atoms with van der Waals surface area (Å²) in [6.07, 6.45) is 0. The van der Waals surface area contributed by atoms with Gasteiger partial charge in [0.2, 0.25) is 11.8 Å². The summed E-state index contributed by atoms with van der Waals surface area (Å²) in [5.41, 5.74) is 1.52. The lowest BCUT2D eigenvalue weighted by atomic mass is 10.1. The van der Waals surface area contributed by atoms with Crippen LogP contribution in [0.25, 0.3) is 0 Å². The monoisotopic (exact) mass is 585 g/mol. The first-order chi connectivity index (χ1) is 18.7. The molecular formula is C30H36ClN3O5S. The molecule has 0 aliphatic heterocycles. The number of ether oxygens (including phenoxy) is 1. The van der Waals surface area contributed by atoms with Crippen molar-refractivity contribution in [2.45, 2.75) is 57.6 Å². The molecule has 3 aromatic carbocycles. The number of halogens is 1.